The van der Waals surface area contributed by atoms with Gasteiger partial charge in [0.05, 0.1) is 6.10 Å². The standard InChI is InChI=1S/C17H26FNO/c1-12(2)19-11-14-5-4-6-16(18)17(14)20-15-9-7-13(3)8-10-15/h4-6,12-13,15,19H,7-11H2,1-3H3. The minimum Gasteiger partial charge on any atom is -0.487 e. The first-order chi connectivity index (χ1) is 9.56. The van der Waals surface area contributed by atoms with Crippen LogP contribution in [0.2, 0.25) is 0 Å². The molecule has 2 rings (SSSR count). The highest BCUT2D eigenvalue weighted by Crippen LogP contribution is 2.30. The summed E-state index contributed by atoms with van der Waals surface area (Å²) in [5.41, 5.74) is 0.914. The topological polar surface area (TPSA) is 21.3 Å². The molecule has 0 bridgehead atoms. The third-order valence-corrected chi connectivity index (χ3v) is 4.00. The first-order valence-corrected chi connectivity index (χ1v) is 7.73. The van der Waals surface area contributed by atoms with Crippen molar-refractivity contribution >= 4 is 0 Å². The highest BCUT2D eigenvalue weighted by Gasteiger charge is 2.22. The van der Waals surface area contributed by atoms with Crippen molar-refractivity contribution in [3.63, 3.8) is 0 Å². The van der Waals surface area contributed by atoms with Gasteiger partial charge in [-0.3, -0.25) is 0 Å². The van der Waals surface area contributed by atoms with E-state index in [1.807, 2.05) is 6.07 Å². The molecule has 0 saturated heterocycles. The highest BCUT2D eigenvalue weighted by molar-refractivity contribution is 5.35. The molecule has 0 spiro atoms. The molecule has 0 radical (unpaired) electrons. The smallest absolute Gasteiger partial charge is 0.165 e. The molecule has 1 N–H and O–H groups in total. The zero-order chi connectivity index (χ0) is 14.5. The Morgan fingerprint density at radius 2 is 1.95 bits per heavy atom. The van der Waals surface area contributed by atoms with Crippen LogP contribution in [-0.2, 0) is 6.54 Å². The molecule has 0 atom stereocenters. The molecule has 2 nitrogen and oxygen atoms in total. The van der Waals surface area contributed by atoms with Crippen LogP contribution in [0.5, 0.6) is 5.75 Å². The summed E-state index contributed by atoms with van der Waals surface area (Å²) in [6.07, 6.45) is 4.59. The molecule has 0 amide bonds. The van der Waals surface area contributed by atoms with Crippen LogP contribution in [0.1, 0.15) is 52.0 Å². The largest absolute Gasteiger partial charge is 0.487 e. The van der Waals surface area contributed by atoms with E-state index < -0.39 is 0 Å². The van der Waals surface area contributed by atoms with Crippen LogP contribution < -0.4 is 10.1 Å². The molecule has 20 heavy (non-hydrogen) atoms. The lowest BCUT2D eigenvalue weighted by Gasteiger charge is -2.28. The lowest BCUT2D eigenvalue weighted by molar-refractivity contribution is 0.129. The second kappa shape index (κ2) is 7.07. The fraction of sp³-hybridized carbons (Fsp3) is 0.647. The number of hydrogen-bond acceptors (Lipinski definition) is 2. The van der Waals surface area contributed by atoms with E-state index in [-0.39, 0.29) is 11.9 Å². The molecular formula is C17H26FNO. The molecule has 1 fully saturated rings. The van der Waals surface area contributed by atoms with Gasteiger partial charge in [-0.2, -0.15) is 0 Å². The van der Waals surface area contributed by atoms with E-state index in [1.54, 1.807) is 6.07 Å². The molecule has 0 aliphatic heterocycles. The summed E-state index contributed by atoms with van der Waals surface area (Å²) in [4.78, 5) is 0. The fourth-order valence-electron chi connectivity index (χ4n) is 2.65. The van der Waals surface area contributed by atoms with E-state index in [4.69, 9.17) is 4.74 Å². The Bertz CT molecular complexity index is 425. The Hall–Kier alpha value is -1.09. The van der Waals surface area contributed by atoms with Gasteiger partial charge in [0.2, 0.25) is 0 Å². The summed E-state index contributed by atoms with van der Waals surface area (Å²) in [7, 11) is 0. The predicted octanol–water partition coefficient (Wildman–Crippen LogP) is 4.28. The van der Waals surface area contributed by atoms with Gasteiger partial charge in [0.1, 0.15) is 0 Å². The van der Waals surface area contributed by atoms with Crippen molar-refractivity contribution in [1.29, 1.82) is 0 Å². The van der Waals surface area contributed by atoms with Crippen LogP contribution in [0.15, 0.2) is 18.2 Å². The number of halogens is 1. The van der Waals surface area contributed by atoms with Gasteiger partial charge in [0.15, 0.2) is 11.6 Å². The van der Waals surface area contributed by atoms with Crippen molar-refractivity contribution < 1.29 is 9.13 Å². The predicted molar refractivity (Wildman–Crippen MR) is 80.4 cm³/mol. The third kappa shape index (κ3) is 4.20. The van der Waals surface area contributed by atoms with E-state index in [9.17, 15) is 4.39 Å². The summed E-state index contributed by atoms with van der Waals surface area (Å²) in [5.74, 6) is 0.976. The van der Waals surface area contributed by atoms with E-state index in [0.717, 1.165) is 24.3 Å². The van der Waals surface area contributed by atoms with Gasteiger partial charge in [0.25, 0.3) is 0 Å². The summed E-state index contributed by atoms with van der Waals surface area (Å²) in [5, 5.41) is 3.33. The summed E-state index contributed by atoms with van der Waals surface area (Å²) in [6.45, 7) is 7.09. The third-order valence-electron chi connectivity index (χ3n) is 4.00. The number of hydrogen-bond donors (Lipinski definition) is 1. The van der Waals surface area contributed by atoms with Crippen LogP contribution >= 0.6 is 0 Å². The first kappa shape index (κ1) is 15.3. The van der Waals surface area contributed by atoms with Gasteiger partial charge in [-0.15, -0.1) is 0 Å². The van der Waals surface area contributed by atoms with Crippen LogP contribution in [0, 0.1) is 11.7 Å². The van der Waals surface area contributed by atoms with Gasteiger partial charge in [-0.1, -0.05) is 32.9 Å². The zero-order valence-electron chi connectivity index (χ0n) is 12.8. The van der Waals surface area contributed by atoms with Crippen molar-refractivity contribution in [3.8, 4) is 5.75 Å². The molecule has 0 aromatic heterocycles. The lowest BCUT2D eigenvalue weighted by Crippen LogP contribution is -2.26. The van der Waals surface area contributed by atoms with Gasteiger partial charge >= 0.3 is 0 Å². The van der Waals surface area contributed by atoms with Crippen molar-refractivity contribution in [2.45, 2.75) is 65.1 Å². The minimum absolute atomic E-state index is 0.167. The first-order valence-electron chi connectivity index (χ1n) is 7.73. The number of ether oxygens (including phenoxy) is 1. The maximum Gasteiger partial charge on any atom is 0.165 e. The number of nitrogens with one attached hydrogen (secondary N) is 1. The van der Waals surface area contributed by atoms with Gasteiger partial charge < -0.3 is 10.1 Å². The van der Waals surface area contributed by atoms with E-state index in [2.05, 4.69) is 26.1 Å². The molecule has 3 heteroatoms. The Labute approximate surface area is 121 Å². The molecule has 1 aliphatic carbocycles. The monoisotopic (exact) mass is 279 g/mol. The highest BCUT2D eigenvalue weighted by atomic mass is 19.1. The van der Waals surface area contributed by atoms with E-state index in [0.29, 0.717) is 18.3 Å². The summed E-state index contributed by atoms with van der Waals surface area (Å²) >= 11 is 0. The van der Waals surface area contributed by atoms with Crippen molar-refractivity contribution in [3.05, 3.63) is 29.6 Å². The number of para-hydroxylation sites is 1. The fourth-order valence-corrected chi connectivity index (χ4v) is 2.65. The maximum absolute atomic E-state index is 14.1. The normalized spacial score (nSPS) is 23.1. The van der Waals surface area contributed by atoms with Crippen molar-refractivity contribution in [1.82, 2.24) is 5.32 Å². The minimum atomic E-state index is -0.244. The molecule has 1 aliphatic rings. The molecular weight excluding hydrogens is 253 g/mol. The van der Waals surface area contributed by atoms with Crippen LogP contribution in [0.25, 0.3) is 0 Å². The second-order valence-corrected chi connectivity index (χ2v) is 6.26. The Kier molecular flexibility index (Phi) is 5.41. The lowest BCUT2D eigenvalue weighted by atomic mass is 9.89. The molecule has 1 aromatic carbocycles. The Balaban J connectivity index is 2.05. The Morgan fingerprint density at radius 1 is 1.25 bits per heavy atom. The molecule has 0 heterocycles. The van der Waals surface area contributed by atoms with E-state index >= 15 is 0 Å². The molecule has 0 unspecified atom stereocenters. The summed E-state index contributed by atoms with van der Waals surface area (Å²) in [6, 6.07) is 5.56. The number of rotatable bonds is 5. The van der Waals surface area contributed by atoms with Crippen LogP contribution in [0.4, 0.5) is 4.39 Å². The van der Waals surface area contributed by atoms with Gasteiger partial charge in [0, 0.05) is 18.2 Å². The molecule has 112 valence electrons. The van der Waals surface area contributed by atoms with Gasteiger partial charge in [-0.05, 0) is 37.7 Å². The summed E-state index contributed by atoms with van der Waals surface area (Å²) < 4.78 is 20.0. The second-order valence-electron chi connectivity index (χ2n) is 6.26. The average molecular weight is 279 g/mol. The van der Waals surface area contributed by atoms with Crippen molar-refractivity contribution in [2.24, 2.45) is 5.92 Å². The van der Waals surface area contributed by atoms with Crippen molar-refractivity contribution in [2.75, 3.05) is 0 Å². The molecule has 1 saturated carbocycles. The van der Waals surface area contributed by atoms with E-state index in [1.165, 1.54) is 18.9 Å². The average Bonchev–Trinajstić information content (AvgIpc) is 2.41. The number of benzene rings is 1. The van der Waals surface area contributed by atoms with Crippen LogP contribution in [-0.4, -0.2) is 12.1 Å². The Morgan fingerprint density at radius 3 is 2.60 bits per heavy atom. The maximum atomic E-state index is 14.1. The van der Waals surface area contributed by atoms with Gasteiger partial charge in [-0.25, -0.2) is 4.39 Å². The zero-order valence-corrected chi connectivity index (χ0v) is 12.8. The SMILES string of the molecule is CC1CCC(Oc2c(F)cccc2CNC(C)C)CC1. The molecule has 1 aromatic rings. The van der Waals surface area contributed by atoms with Crippen LogP contribution in [0.3, 0.4) is 0 Å². The quantitative estimate of drug-likeness (QED) is 0.868.